The summed E-state index contributed by atoms with van der Waals surface area (Å²) < 4.78 is 29.4. The van der Waals surface area contributed by atoms with E-state index in [2.05, 4.69) is 20.0 Å². The van der Waals surface area contributed by atoms with Gasteiger partial charge in [-0.2, -0.15) is 8.78 Å². The Morgan fingerprint density at radius 3 is 2.76 bits per heavy atom. The molecule has 0 aliphatic carbocycles. The van der Waals surface area contributed by atoms with Crippen LogP contribution in [0.5, 0.6) is 5.75 Å². The molecule has 1 N–H and O–H groups in total. The number of hydrogen-bond acceptors (Lipinski definition) is 5. The van der Waals surface area contributed by atoms with Crippen molar-refractivity contribution in [3.8, 4) is 5.75 Å². The van der Waals surface area contributed by atoms with Crippen LogP contribution in [-0.2, 0) is 4.79 Å². The van der Waals surface area contributed by atoms with Crippen molar-refractivity contribution in [1.82, 2.24) is 9.97 Å². The van der Waals surface area contributed by atoms with Crippen LogP contribution in [-0.4, -0.2) is 35.6 Å². The Kier molecular flexibility index (Phi) is 5.37. The normalized spacial score (nSPS) is 17.4. The number of hydrogen-bond donors (Lipinski definition) is 1. The Morgan fingerprint density at radius 2 is 2.00 bits per heavy atom. The first-order chi connectivity index (χ1) is 12.1. The molecule has 1 fully saturated rings. The number of ether oxygens (including phenoxy) is 1. The Hall–Kier alpha value is -2.77. The predicted octanol–water partition coefficient (Wildman–Crippen LogP) is 2.93. The number of alkyl halides is 2. The van der Waals surface area contributed by atoms with Crippen LogP contribution in [0.1, 0.15) is 12.8 Å². The molecule has 0 bridgehead atoms. The van der Waals surface area contributed by atoms with E-state index in [9.17, 15) is 13.6 Å². The third-order valence-electron chi connectivity index (χ3n) is 3.99. The molecular weight excluding hydrogens is 330 g/mol. The number of benzene rings is 1. The predicted molar refractivity (Wildman–Crippen MR) is 88.7 cm³/mol. The van der Waals surface area contributed by atoms with Crippen molar-refractivity contribution in [3.63, 3.8) is 0 Å². The fourth-order valence-corrected chi connectivity index (χ4v) is 2.83. The third-order valence-corrected chi connectivity index (χ3v) is 3.99. The highest BCUT2D eigenvalue weighted by atomic mass is 19.3. The van der Waals surface area contributed by atoms with Crippen LogP contribution in [0.4, 0.5) is 20.4 Å². The maximum atomic E-state index is 12.6. The molecule has 1 aliphatic rings. The summed E-state index contributed by atoms with van der Waals surface area (Å²) in [6, 6.07) is 7.89. The highest BCUT2D eigenvalue weighted by Crippen LogP contribution is 2.27. The molecule has 2 aromatic rings. The number of carbonyl (C=O) groups is 1. The highest BCUT2D eigenvalue weighted by Gasteiger charge is 2.27. The standard InChI is InChI=1S/C17H18F2N4O2/c18-16(19)25-14-7-2-1-6-13(14)22-15(24)12-5-3-10-23(11-12)17-20-8-4-9-21-17/h1-2,4,6-9,12,16H,3,5,10-11H2,(H,22,24). The number of nitrogens with zero attached hydrogens (tertiary/aromatic N) is 3. The summed E-state index contributed by atoms with van der Waals surface area (Å²) in [5.74, 6) is 0.0226. The molecule has 1 amide bonds. The molecule has 2 heterocycles. The molecule has 1 saturated heterocycles. The van der Waals surface area contributed by atoms with Gasteiger partial charge in [0.25, 0.3) is 0 Å². The molecule has 0 saturated carbocycles. The van der Waals surface area contributed by atoms with Crippen LogP contribution >= 0.6 is 0 Å². The van der Waals surface area contributed by atoms with Gasteiger partial charge in [-0.25, -0.2) is 9.97 Å². The highest BCUT2D eigenvalue weighted by molar-refractivity contribution is 5.94. The van der Waals surface area contributed by atoms with Crippen LogP contribution in [0.15, 0.2) is 42.7 Å². The lowest BCUT2D eigenvalue weighted by Gasteiger charge is -2.32. The van der Waals surface area contributed by atoms with Gasteiger partial charge in [-0.1, -0.05) is 12.1 Å². The van der Waals surface area contributed by atoms with Crippen LogP contribution in [0.25, 0.3) is 0 Å². The van der Waals surface area contributed by atoms with Crippen LogP contribution in [0, 0.1) is 5.92 Å². The third kappa shape index (κ3) is 4.40. The molecule has 1 aromatic heterocycles. The van der Waals surface area contributed by atoms with Crippen molar-refractivity contribution in [3.05, 3.63) is 42.7 Å². The van der Waals surface area contributed by atoms with Gasteiger partial charge in [-0.05, 0) is 31.0 Å². The van der Waals surface area contributed by atoms with E-state index in [4.69, 9.17) is 0 Å². The number of piperidine rings is 1. The minimum atomic E-state index is -2.95. The summed E-state index contributed by atoms with van der Waals surface area (Å²) in [5, 5.41) is 2.69. The number of rotatable bonds is 5. The van der Waals surface area contributed by atoms with E-state index in [1.54, 1.807) is 30.6 Å². The lowest BCUT2D eigenvalue weighted by atomic mass is 9.97. The molecule has 1 aromatic carbocycles. The first kappa shape index (κ1) is 17.1. The number of carbonyl (C=O) groups excluding carboxylic acids is 1. The Labute approximate surface area is 143 Å². The first-order valence-electron chi connectivity index (χ1n) is 8.00. The SMILES string of the molecule is O=C(Nc1ccccc1OC(F)F)C1CCCN(c2ncccn2)C1. The summed E-state index contributed by atoms with van der Waals surface area (Å²) >= 11 is 0. The van der Waals surface area contributed by atoms with Gasteiger partial charge in [0.15, 0.2) is 0 Å². The average Bonchev–Trinajstić information content (AvgIpc) is 2.64. The molecule has 0 radical (unpaired) electrons. The topological polar surface area (TPSA) is 67.3 Å². The number of amides is 1. The average molecular weight is 348 g/mol. The van der Waals surface area contributed by atoms with Crippen LogP contribution in [0.3, 0.4) is 0 Å². The molecule has 6 nitrogen and oxygen atoms in total. The summed E-state index contributed by atoms with van der Waals surface area (Å²) in [7, 11) is 0. The summed E-state index contributed by atoms with van der Waals surface area (Å²) in [5.41, 5.74) is 0.237. The lowest BCUT2D eigenvalue weighted by Crippen LogP contribution is -2.41. The van der Waals surface area contributed by atoms with E-state index in [0.717, 1.165) is 13.0 Å². The molecule has 8 heteroatoms. The van der Waals surface area contributed by atoms with Crippen molar-refractivity contribution in [1.29, 1.82) is 0 Å². The van der Waals surface area contributed by atoms with E-state index in [0.29, 0.717) is 18.9 Å². The number of para-hydroxylation sites is 2. The minimum Gasteiger partial charge on any atom is -0.433 e. The first-order valence-corrected chi connectivity index (χ1v) is 8.00. The van der Waals surface area contributed by atoms with E-state index >= 15 is 0 Å². The molecule has 3 rings (SSSR count). The van der Waals surface area contributed by atoms with Gasteiger partial charge in [0.05, 0.1) is 11.6 Å². The van der Waals surface area contributed by atoms with Gasteiger partial charge < -0.3 is 15.0 Å². The fourth-order valence-electron chi connectivity index (χ4n) is 2.83. The Morgan fingerprint density at radius 1 is 1.24 bits per heavy atom. The molecule has 1 atom stereocenters. The maximum absolute atomic E-state index is 12.6. The number of aromatic nitrogens is 2. The van der Waals surface area contributed by atoms with Crippen LogP contribution < -0.4 is 15.0 Å². The Bertz CT molecular complexity index is 715. The minimum absolute atomic E-state index is 0.0510. The fraction of sp³-hybridized carbons (Fsp3) is 0.353. The monoisotopic (exact) mass is 348 g/mol. The van der Waals surface area contributed by atoms with E-state index < -0.39 is 6.61 Å². The van der Waals surface area contributed by atoms with Crippen molar-refractivity contribution < 1.29 is 18.3 Å². The van der Waals surface area contributed by atoms with Crippen molar-refractivity contribution in [2.75, 3.05) is 23.3 Å². The van der Waals surface area contributed by atoms with Gasteiger partial charge in [-0.15, -0.1) is 0 Å². The Balaban J connectivity index is 1.67. The number of nitrogens with one attached hydrogen (secondary N) is 1. The summed E-state index contributed by atoms with van der Waals surface area (Å²) in [4.78, 5) is 22.9. The van der Waals surface area contributed by atoms with Crippen LogP contribution in [0.2, 0.25) is 0 Å². The number of halogens is 2. The molecule has 25 heavy (non-hydrogen) atoms. The second-order valence-corrected chi connectivity index (χ2v) is 5.70. The maximum Gasteiger partial charge on any atom is 0.387 e. The summed E-state index contributed by atoms with van der Waals surface area (Å²) in [6.45, 7) is -1.69. The van der Waals surface area contributed by atoms with E-state index in [1.807, 2.05) is 4.90 Å². The molecule has 1 unspecified atom stereocenters. The molecular formula is C17H18F2N4O2. The van der Waals surface area contributed by atoms with Gasteiger partial charge in [0.1, 0.15) is 5.75 Å². The lowest BCUT2D eigenvalue weighted by molar-refractivity contribution is -0.120. The zero-order chi connectivity index (χ0) is 17.6. The van der Waals surface area contributed by atoms with Gasteiger partial charge in [-0.3, -0.25) is 4.79 Å². The van der Waals surface area contributed by atoms with E-state index in [1.165, 1.54) is 12.1 Å². The zero-order valence-electron chi connectivity index (χ0n) is 13.4. The molecule has 0 spiro atoms. The summed E-state index contributed by atoms with van der Waals surface area (Å²) in [6.07, 6.45) is 4.85. The van der Waals surface area contributed by atoms with Gasteiger partial charge in [0.2, 0.25) is 11.9 Å². The largest absolute Gasteiger partial charge is 0.433 e. The van der Waals surface area contributed by atoms with Crippen molar-refractivity contribution >= 4 is 17.5 Å². The van der Waals surface area contributed by atoms with Gasteiger partial charge >= 0.3 is 6.61 Å². The zero-order valence-corrected chi connectivity index (χ0v) is 13.4. The second-order valence-electron chi connectivity index (χ2n) is 5.70. The molecule has 132 valence electrons. The smallest absolute Gasteiger partial charge is 0.387 e. The van der Waals surface area contributed by atoms with Crippen molar-refractivity contribution in [2.24, 2.45) is 5.92 Å². The van der Waals surface area contributed by atoms with E-state index in [-0.39, 0.29) is 23.3 Å². The number of anilines is 2. The quantitative estimate of drug-likeness (QED) is 0.900. The van der Waals surface area contributed by atoms with Crippen molar-refractivity contribution in [2.45, 2.75) is 19.5 Å². The second kappa shape index (κ2) is 7.87. The van der Waals surface area contributed by atoms with Gasteiger partial charge in [0, 0.05) is 25.5 Å². The molecule has 1 aliphatic heterocycles.